The summed E-state index contributed by atoms with van der Waals surface area (Å²) in [6, 6.07) is 10.2. The number of carbonyl (C=O) groups excluding carboxylic acids is 1. The lowest BCUT2D eigenvalue weighted by Crippen LogP contribution is -2.27. The van der Waals surface area contributed by atoms with E-state index in [2.05, 4.69) is 10.3 Å². The van der Waals surface area contributed by atoms with Crippen LogP contribution in [0.4, 0.5) is 4.39 Å². The monoisotopic (exact) mass is 483 g/mol. The molecule has 35 heavy (non-hydrogen) atoms. The first-order chi connectivity index (χ1) is 16.9. The number of hydrogen-bond acceptors (Lipinski definition) is 7. The Labute approximate surface area is 200 Å². The number of aryl methyl sites for hydroxylation is 1. The Bertz CT molecular complexity index is 1250. The molecule has 0 radical (unpaired) electrons. The third kappa shape index (κ3) is 6.27. The maximum absolute atomic E-state index is 13.5. The summed E-state index contributed by atoms with van der Waals surface area (Å²) < 4.78 is 25.6. The molecule has 10 heteroatoms. The number of fused-ring (bicyclic) bond motifs is 1. The molecule has 1 aromatic heterocycles. The molecule has 2 aromatic carbocycles. The van der Waals surface area contributed by atoms with E-state index >= 15 is 0 Å². The molecule has 1 saturated heterocycles. The Morgan fingerprint density at radius 3 is 2.63 bits per heavy atom. The van der Waals surface area contributed by atoms with E-state index in [1.807, 2.05) is 0 Å². The van der Waals surface area contributed by atoms with Crippen molar-refractivity contribution in [2.75, 3.05) is 19.8 Å². The van der Waals surface area contributed by atoms with Gasteiger partial charge < -0.3 is 14.6 Å². The van der Waals surface area contributed by atoms with Gasteiger partial charge in [0, 0.05) is 31.7 Å². The van der Waals surface area contributed by atoms with Gasteiger partial charge in [-0.2, -0.15) is 0 Å². The van der Waals surface area contributed by atoms with Crippen LogP contribution in [0.5, 0.6) is 5.75 Å². The van der Waals surface area contributed by atoms with Crippen LogP contribution in [0.2, 0.25) is 0 Å². The highest BCUT2D eigenvalue weighted by atomic mass is 19.1. The van der Waals surface area contributed by atoms with Crippen LogP contribution in [0.3, 0.4) is 0 Å². The molecule has 0 amide bonds. The van der Waals surface area contributed by atoms with Gasteiger partial charge in [0.05, 0.1) is 17.9 Å². The minimum absolute atomic E-state index is 0.0111. The molecule has 0 bridgehead atoms. The molecule has 1 atom stereocenters. The molecule has 9 nitrogen and oxygen atoms in total. The molecule has 0 spiro atoms. The number of Topliss-reactive ketones (excluding diaryl/α,β-unsaturated/α-hetero) is 1. The number of ether oxygens (including phenoxy) is 2. The highest BCUT2D eigenvalue weighted by Gasteiger charge is 2.23. The van der Waals surface area contributed by atoms with Gasteiger partial charge in [0.2, 0.25) is 0 Å². The molecule has 184 valence electrons. The minimum atomic E-state index is -1.15. The molecule has 1 aliphatic heterocycles. The van der Waals surface area contributed by atoms with Gasteiger partial charge in [0.15, 0.2) is 5.78 Å². The topological polar surface area (TPSA) is 121 Å². The predicted octanol–water partition coefficient (Wildman–Crippen LogP) is 3.10. The van der Waals surface area contributed by atoms with Crippen LogP contribution in [0, 0.1) is 17.7 Å². The fraction of sp³-hybridized carbons (Fsp3) is 0.400. The van der Waals surface area contributed by atoms with Crippen molar-refractivity contribution in [2.24, 2.45) is 11.8 Å². The van der Waals surface area contributed by atoms with Crippen molar-refractivity contribution in [1.29, 1.82) is 0 Å². The zero-order chi connectivity index (χ0) is 24.8. The van der Waals surface area contributed by atoms with Crippen molar-refractivity contribution >= 4 is 22.7 Å². The number of aromatic nitrogens is 3. The lowest BCUT2D eigenvalue weighted by atomic mass is 9.95. The number of ketones is 1. The zero-order valence-electron chi connectivity index (χ0n) is 19.1. The quantitative estimate of drug-likeness (QED) is 0.437. The zero-order valence-corrected chi connectivity index (χ0v) is 19.1. The van der Waals surface area contributed by atoms with Gasteiger partial charge in [-0.05, 0) is 67.6 Å². The van der Waals surface area contributed by atoms with E-state index in [-0.39, 0.29) is 36.1 Å². The number of hydrogen-bond donors (Lipinski definition) is 1. The van der Waals surface area contributed by atoms with Gasteiger partial charge in [-0.15, -0.1) is 5.10 Å². The van der Waals surface area contributed by atoms with Gasteiger partial charge in [0.1, 0.15) is 17.1 Å². The number of rotatable bonds is 10. The van der Waals surface area contributed by atoms with Crippen LogP contribution in [0.25, 0.3) is 10.9 Å². The molecule has 0 saturated carbocycles. The van der Waals surface area contributed by atoms with E-state index in [9.17, 15) is 23.9 Å². The van der Waals surface area contributed by atoms with Gasteiger partial charge in [-0.3, -0.25) is 14.4 Å². The average molecular weight is 483 g/mol. The second-order valence-corrected chi connectivity index (χ2v) is 8.62. The first-order valence-corrected chi connectivity index (χ1v) is 11.5. The van der Waals surface area contributed by atoms with E-state index < -0.39 is 23.3 Å². The van der Waals surface area contributed by atoms with Gasteiger partial charge >= 0.3 is 5.97 Å². The Balaban J connectivity index is 1.35. The van der Waals surface area contributed by atoms with E-state index in [4.69, 9.17) is 9.47 Å². The van der Waals surface area contributed by atoms with Crippen LogP contribution in [-0.4, -0.2) is 51.7 Å². The van der Waals surface area contributed by atoms with Crippen molar-refractivity contribution in [1.82, 2.24) is 15.0 Å². The van der Waals surface area contributed by atoms with Crippen molar-refractivity contribution in [3.05, 3.63) is 64.2 Å². The summed E-state index contributed by atoms with van der Waals surface area (Å²) in [6.45, 7) is 2.00. The van der Waals surface area contributed by atoms with Crippen LogP contribution in [-0.2, 0) is 16.1 Å². The third-order valence-electron chi connectivity index (χ3n) is 6.16. The van der Waals surface area contributed by atoms with Crippen molar-refractivity contribution in [2.45, 2.75) is 32.2 Å². The lowest BCUT2D eigenvalue weighted by Gasteiger charge is -2.22. The largest absolute Gasteiger partial charge is 0.493 e. The molecule has 1 unspecified atom stereocenters. The summed E-state index contributed by atoms with van der Waals surface area (Å²) >= 11 is 0. The van der Waals surface area contributed by atoms with Gasteiger partial charge in [-0.1, -0.05) is 5.21 Å². The molecular formula is C25H26FN3O6. The van der Waals surface area contributed by atoms with E-state index in [1.165, 1.54) is 12.1 Å². The maximum Gasteiger partial charge on any atom is 0.307 e. The lowest BCUT2D eigenvalue weighted by molar-refractivity contribution is -0.142. The number of nitrogens with zero attached hydrogens (tertiary/aromatic N) is 3. The number of halogens is 1. The number of aliphatic carboxylic acids is 1. The maximum atomic E-state index is 13.5. The summed E-state index contributed by atoms with van der Waals surface area (Å²) in [5.41, 5.74) is 0.0620. The normalized spacial score (nSPS) is 15.1. The molecule has 1 N–H and O–H groups in total. The van der Waals surface area contributed by atoms with E-state index in [0.29, 0.717) is 23.8 Å². The second-order valence-electron chi connectivity index (χ2n) is 8.62. The molecule has 1 fully saturated rings. The Hall–Kier alpha value is -3.66. The fourth-order valence-electron chi connectivity index (χ4n) is 3.99. The van der Waals surface area contributed by atoms with Crippen molar-refractivity contribution in [3.63, 3.8) is 0 Å². The summed E-state index contributed by atoms with van der Waals surface area (Å²) in [5, 5.41) is 17.3. The molecule has 2 heterocycles. The number of carboxylic acids is 1. The smallest absolute Gasteiger partial charge is 0.307 e. The minimum Gasteiger partial charge on any atom is -0.493 e. The SMILES string of the molecule is O=C(CC(CCn1nnc2ccc(F)cc2c1=O)C(=O)O)c1ccc(OCC2CCOCC2)cc1. The van der Waals surface area contributed by atoms with Crippen LogP contribution >= 0.6 is 0 Å². The first-order valence-electron chi connectivity index (χ1n) is 11.5. The number of benzene rings is 2. The first kappa shape index (κ1) is 24.5. The second kappa shape index (κ2) is 11.2. The van der Waals surface area contributed by atoms with Crippen LogP contribution in [0.15, 0.2) is 47.3 Å². The number of carbonyl (C=O) groups is 2. The molecule has 0 aliphatic carbocycles. The van der Waals surface area contributed by atoms with Gasteiger partial charge in [-0.25, -0.2) is 9.07 Å². The molecular weight excluding hydrogens is 457 g/mol. The molecule has 4 rings (SSSR count). The Morgan fingerprint density at radius 2 is 1.91 bits per heavy atom. The Morgan fingerprint density at radius 1 is 1.17 bits per heavy atom. The summed E-state index contributed by atoms with van der Waals surface area (Å²) in [7, 11) is 0. The summed E-state index contributed by atoms with van der Waals surface area (Å²) in [6.07, 6.45) is 1.67. The van der Waals surface area contributed by atoms with Crippen LogP contribution in [0.1, 0.15) is 36.0 Å². The van der Waals surface area contributed by atoms with Crippen LogP contribution < -0.4 is 10.3 Å². The highest BCUT2D eigenvalue weighted by molar-refractivity contribution is 5.98. The van der Waals surface area contributed by atoms with Crippen molar-refractivity contribution < 1.29 is 28.6 Å². The molecule has 3 aromatic rings. The van der Waals surface area contributed by atoms with Crippen molar-refractivity contribution in [3.8, 4) is 5.75 Å². The Kier molecular flexibility index (Phi) is 7.81. The summed E-state index contributed by atoms with van der Waals surface area (Å²) in [5.74, 6) is -1.99. The number of carboxylic acid groups (broad SMARTS) is 1. The van der Waals surface area contributed by atoms with E-state index in [1.54, 1.807) is 24.3 Å². The average Bonchev–Trinajstić information content (AvgIpc) is 2.87. The van der Waals surface area contributed by atoms with Gasteiger partial charge in [0.25, 0.3) is 5.56 Å². The third-order valence-corrected chi connectivity index (χ3v) is 6.16. The summed E-state index contributed by atoms with van der Waals surface area (Å²) in [4.78, 5) is 37.0. The highest BCUT2D eigenvalue weighted by Crippen LogP contribution is 2.20. The molecule has 1 aliphatic rings. The predicted molar refractivity (Wildman–Crippen MR) is 124 cm³/mol. The fourth-order valence-corrected chi connectivity index (χ4v) is 3.99. The standard InChI is InChI=1S/C25H26FN3O6/c26-19-3-6-22-21(14-19)24(31)29(28-27-22)10-7-18(25(32)33)13-23(30)17-1-4-20(5-2-17)35-15-16-8-11-34-12-9-16/h1-6,14,16,18H,7-13,15H2,(H,32,33). The van der Waals surface area contributed by atoms with E-state index in [0.717, 1.165) is 36.8 Å².